The summed E-state index contributed by atoms with van der Waals surface area (Å²) in [6.07, 6.45) is 0.338. The number of benzene rings is 3. The van der Waals surface area contributed by atoms with Crippen molar-refractivity contribution in [1.29, 1.82) is 0 Å². The molecule has 0 bridgehead atoms. The Morgan fingerprint density at radius 1 is 0.970 bits per heavy atom. The largest absolute Gasteiger partial charge is 0.508 e. The summed E-state index contributed by atoms with van der Waals surface area (Å²) in [6.45, 7) is 4.55. The molecule has 1 amide bonds. The van der Waals surface area contributed by atoms with E-state index in [1.54, 1.807) is 31.4 Å². The number of anilines is 3. The lowest BCUT2D eigenvalue weighted by molar-refractivity contribution is -0.119. The monoisotopic (exact) mass is 445 g/mol. The number of hydrogen-bond donors (Lipinski definition) is 2. The molecule has 3 aromatic carbocycles. The molecule has 170 valence electrons. The highest BCUT2D eigenvalue weighted by Gasteiger charge is 2.42. The Hall–Kier alpha value is -3.87. The highest BCUT2D eigenvalue weighted by molar-refractivity contribution is 6.06. The van der Waals surface area contributed by atoms with E-state index in [1.807, 2.05) is 61.3 Å². The Labute approximate surface area is 193 Å². The van der Waals surface area contributed by atoms with Crippen LogP contribution in [-0.2, 0) is 11.3 Å². The van der Waals surface area contributed by atoms with Crippen LogP contribution in [0.4, 0.5) is 17.1 Å². The van der Waals surface area contributed by atoms with Gasteiger partial charge in [-0.25, -0.2) is 5.01 Å². The molecule has 0 radical (unpaired) electrons. The Kier molecular flexibility index (Phi) is 4.85. The third-order valence-corrected chi connectivity index (χ3v) is 6.18. The van der Waals surface area contributed by atoms with E-state index >= 15 is 0 Å². The maximum atomic E-state index is 13.6. The van der Waals surface area contributed by atoms with Gasteiger partial charge in [0.1, 0.15) is 22.9 Å². The van der Waals surface area contributed by atoms with Crippen LogP contribution in [0.15, 0.2) is 54.6 Å². The third-order valence-electron chi connectivity index (χ3n) is 6.18. The summed E-state index contributed by atoms with van der Waals surface area (Å²) in [5.74, 6) is 1.41. The van der Waals surface area contributed by atoms with Crippen molar-refractivity contribution in [2.45, 2.75) is 32.4 Å². The number of nitrogens with one attached hydrogen (secondary N) is 1. The quantitative estimate of drug-likeness (QED) is 0.593. The van der Waals surface area contributed by atoms with Crippen molar-refractivity contribution in [3.05, 3.63) is 60.2 Å². The average Bonchev–Trinajstić information content (AvgIpc) is 3.15. The summed E-state index contributed by atoms with van der Waals surface area (Å²) in [6, 6.07) is 16.9. The molecule has 2 aliphatic rings. The summed E-state index contributed by atoms with van der Waals surface area (Å²) in [7, 11) is 3.22. The minimum atomic E-state index is -0.403. The SMILES string of the molecule is COc1cc(O)ccc1-c1ccc2c3c1CN(c1ccccc1OC)N3C(=O)CC(C)(C)N2. The van der Waals surface area contributed by atoms with E-state index in [2.05, 4.69) is 5.32 Å². The normalized spacial score (nSPS) is 16.2. The van der Waals surface area contributed by atoms with Crippen LogP contribution >= 0.6 is 0 Å². The fourth-order valence-corrected chi connectivity index (χ4v) is 4.79. The van der Waals surface area contributed by atoms with Crippen molar-refractivity contribution >= 4 is 23.0 Å². The lowest BCUT2D eigenvalue weighted by Crippen LogP contribution is -2.44. The second-order valence-electron chi connectivity index (χ2n) is 8.99. The number of rotatable bonds is 4. The van der Waals surface area contributed by atoms with Gasteiger partial charge in [-0.2, -0.15) is 0 Å². The smallest absolute Gasteiger partial charge is 0.248 e. The summed E-state index contributed by atoms with van der Waals surface area (Å²) in [4.78, 5) is 13.6. The first kappa shape index (κ1) is 21.0. The van der Waals surface area contributed by atoms with Crippen molar-refractivity contribution in [2.24, 2.45) is 0 Å². The highest BCUT2D eigenvalue weighted by atomic mass is 16.5. The van der Waals surface area contributed by atoms with Gasteiger partial charge >= 0.3 is 0 Å². The fourth-order valence-electron chi connectivity index (χ4n) is 4.79. The van der Waals surface area contributed by atoms with Gasteiger partial charge in [0, 0.05) is 22.7 Å². The maximum absolute atomic E-state index is 13.6. The minimum Gasteiger partial charge on any atom is -0.508 e. The van der Waals surface area contributed by atoms with E-state index in [0.29, 0.717) is 24.5 Å². The van der Waals surface area contributed by atoms with Crippen LogP contribution in [-0.4, -0.2) is 30.8 Å². The summed E-state index contributed by atoms with van der Waals surface area (Å²) >= 11 is 0. The molecule has 0 aliphatic carbocycles. The Balaban J connectivity index is 1.75. The van der Waals surface area contributed by atoms with E-state index < -0.39 is 5.54 Å². The molecule has 7 heteroatoms. The Morgan fingerprint density at radius 3 is 2.45 bits per heavy atom. The number of ether oxygens (including phenoxy) is 2. The molecule has 0 fully saturated rings. The number of para-hydroxylation sites is 2. The predicted molar refractivity (Wildman–Crippen MR) is 129 cm³/mol. The van der Waals surface area contributed by atoms with Gasteiger partial charge in [-0.1, -0.05) is 18.2 Å². The summed E-state index contributed by atoms with van der Waals surface area (Å²) < 4.78 is 11.2. The van der Waals surface area contributed by atoms with Gasteiger partial charge in [0.25, 0.3) is 0 Å². The average molecular weight is 446 g/mol. The molecule has 33 heavy (non-hydrogen) atoms. The molecule has 0 unspecified atom stereocenters. The van der Waals surface area contributed by atoms with Gasteiger partial charge in [-0.3, -0.25) is 9.80 Å². The van der Waals surface area contributed by atoms with Gasteiger partial charge in [0.2, 0.25) is 5.91 Å². The lowest BCUT2D eigenvalue weighted by atomic mass is 9.96. The first-order chi connectivity index (χ1) is 15.8. The molecule has 0 saturated heterocycles. The predicted octanol–water partition coefficient (Wildman–Crippen LogP) is 4.94. The van der Waals surface area contributed by atoms with Crippen molar-refractivity contribution < 1.29 is 19.4 Å². The van der Waals surface area contributed by atoms with Crippen LogP contribution in [0.2, 0.25) is 0 Å². The molecular formula is C26H27N3O4. The topological polar surface area (TPSA) is 74.3 Å². The second-order valence-corrected chi connectivity index (χ2v) is 8.99. The van der Waals surface area contributed by atoms with Gasteiger partial charge < -0.3 is 19.9 Å². The molecule has 0 saturated carbocycles. The number of carbonyl (C=O) groups is 1. The zero-order valence-electron chi connectivity index (χ0n) is 19.2. The second kappa shape index (κ2) is 7.62. The Morgan fingerprint density at radius 2 is 1.70 bits per heavy atom. The number of methoxy groups -OCH3 is 2. The van der Waals surface area contributed by atoms with E-state index in [-0.39, 0.29) is 11.7 Å². The number of nitrogens with zero attached hydrogens (tertiary/aromatic N) is 2. The van der Waals surface area contributed by atoms with Gasteiger partial charge in [-0.15, -0.1) is 0 Å². The van der Waals surface area contributed by atoms with E-state index in [1.165, 1.54) is 0 Å². The first-order valence-electron chi connectivity index (χ1n) is 10.9. The summed E-state index contributed by atoms with van der Waals surface area (Å²) in [5, 5.41) is 17.3. The van der Waals surface area contributed by atoms with Crippen LogP contribution < -0.4 is 24.8 Å². The van der Waals surface area contributed by atoms with E-state index in [9.17, 15) is 9.90 Å². The number of phenols is 1. The van der Waals surface area contributed by atoms with E-state index in [4.69, 9.17) is 9.47 Å². The molecule has 0 spiro atoms. The number of carbonyl (C=O) groups excluding carboxylic acids is 1. The highest BCUT2D eigenvalue weighted by Crippen LogP contribution is 2.50. The molecular weight excluding hydrogens is 418 g/mol. The van der Waals surface area contributed by atoms with Crippen molar-refractivity contribution in [3.63, 3.8) is 0 Å². The number of amides is 1. The van der Waals surface area contributed by atoms with Gasteiger partial charge in [-0.05, 0) is 49.7 Å². The van der Waals surface area contributed by atoms with Crippen molar-refractivity contribution in [3.8, 4) is 28.4 Å². The van der Waals surface area contributed by atoms with Gasteiger partial charge in [0.15, 0.2) is 0 Å². The summed E-state index contributed by atoms with van der Waals surface area (Å²) in [5.41, 5.74) is 4.95. The van der Waals surface area contributed by atoms with Crippen LogP contribution in [0.3, 0.4) is 0 Å². The molecule has 2 N–H and O–H groups in total. The van der Waals surface area contributed by atoms with Crippen LogP contribution in [0.25, 0.3) is 11.1 Å². The Bertz CT molecular complexity index is 1250. The van der Waals surface area contributed by atoms with Crippen LogP contribution in [0, 0.1) is 0 Å². The number of phenolic OH excluding ortho intramolecular Hbond substituents is 1. The van der Waals surface area contributed by atoms with Gasteiger partial charge in [0.05, 0.1) is 38.6 Å². The number of aromatic hydroxyl groups is 1. The lowest BCUT2D eigenvalue weighted by Gasteiger charge is -2.31. The zero-order valence-corrected chi connectivity index (χ0v) is 19.2. The molecule has 5 rings (SSSR count). The third kappa shape index (κ3) is 3.40. The first-order valence-corrected chi connectivity index (χ1v) is 10.9. The van der Waals surface area contributed by atoms with Crippen molar-refractivity contribution in [2.75, 3.05) is 29.6 Å². The van der Waals surface area contributed by atoms with E-state index in [0.717, 1.165) is 33.8 Å². The fraction of sp³-hybridized carbons (Fsp3) is 0.269. The maximum Gasteiger partial charge on any atom is 0.248 e. The molecule has 2 aliphatic heterocycles. The number of hydrazine groups is 1. The van der Waals surface area contributed by atoms with Crippen LogP contribution in [0.1, 0.15) is 25.8 Å². The standard InChI is InChI=1S/C26H27N3O4/c1-26(2)14-24(31)29-25-19(15-28(29)21-7-5-6-8-22(21)32-3)17(11-12-20(25)27-26)18-10-9-16(30)13-23(18)33-4/h5-13,27,30H,14-15H2,1-4H3. The molecule has 2 heterocycles. The molecule has 0 aromatic heterocycles. The number of hydrogen-bond acceptors (Lipinski definition) is 6. The molecule has 0 atom stereocenters. The molecule has 7 nitrogen and oxygen atoms in total. The minimum absolute atomic E-state index is 0.00530. The zero-order chi connectivity index (χ0) is 23.3. The van der Waals surface area contributed by atoms with Crippen LogP contribution in [0.5, 0.6) is 17.2 Å². The van der Waals surface area contributed by atoms with Crippen molar-refractivity contribution in [1.82, 2.24) is 0 Å². The molecule has 3 aromatic rings.